The van der Waals surface area contributed by atoms with Crippen molar-refractivity contribution in [2.45, 2.75) is 25.2 Å². The predicted molar refractivity (Wildman–Crippen MR) is 68.5 cm³/mol. The molecule has 1 aromatic carbocycles. The Morgan fingerprint density at radius 2 is 1.94 bits per heavy atom. The molecule has 17 heavy (non-hydrogen) atoms. The van der Waals surface area contributed by atoms with Crippen molar-refractivity contribution in [3.63, 3.8) is 0 Å². The first kappa shape index (κ1) is 12.0. The van der Waals surface area contributed by atoms with Crippen LogP contribution in [0.3, 0.4) is 0 Å². The van der Waals surface area contributed by atoms with Crippen LogP contribution in [0, 0.1) is 5.92 Å². The molecule has 0 spiro atoms. The van der Waals surface area contributed by atoms with Gasteiger partial charge in [0.15, 0.2) is 0 Å². The van der Waals surface area contributed by atoms with Crippen molar-refractivity contribution in [2.24, 2.45) is 5.92 Å². The van der Waals surface area contributed by atoms with Crippen LogP contribution in [0.15, 0.2) is 24.3 Å². The van der Waals surface area contributed by atoms with E-state index in [-0.39, 0.29) is 12.3 Å². The summed E-state index contributed by atoms with van der Waals surface area (Å²) in [6.45, 7) is 0. The van der Waals surface area contributed by atoms with E-state index < -0.39 is 5.97 Å². The molecule has 3 heteroatoms. The lowest BCUT2D eigenvalue weighted by Crippen LogP contribution is -2.10. The maximum absolute atomic E-state index is 10.9. The van der Waals surface area contributed by atoms with Crippen LogP contribution < -0.4 is 4.90 Å². The number of rotatable bonds is 5. The van der Waals surface area contributed by atoms with Gasteiger partial charge in [0.1, 0.15) is 0 Å². The summed E-state index contributed by atoms with van der Waals surface area (Å²) < 4.78 is 0. The van der Waals surface area contributed by atoms with Gasteiger partial charge in [0, 0.05) is 19.8 Å². The van der Waals surface area contributed by atoms with Crippen molar-refractivity contribution in [1.82, 2.24) is 0 Å². The van der Waals surface area contributed by atoms with E-state index in [1.165, 1.54) is 18.4 Å². The monoisotopic (exact) mass is 233 g/mol. The highest BCUT2D eigenvalue weighted by atomic mass is 16.4. The second-order valence-electron chi connectivity index (χ2n) is 5.03. The molecule has 92 valence electrons. The van der Waals surface area contributed by atoms with Gasteiger partial charge >= 0.3 is 5.97 Å². The van der Waals surface area contributed by atoms with Crippen LogP contribution in [0.25, 0.3) is 0 Å². The first-order chi connectivity index (χ1) is 8.08. The molecule has 1 fully saturated rings. The maximum Gasteiger partial charge on any atom is 0.303 e. The third-order valence-electron chi connectivity index (χ3n) is 3.42. The SMILES string of the molecule is CN(C)c1ccc(C(CC(=O)O)C2CC2)cc1. The van der Waals surface area contributed by atoms with Crippen molar-refractivity contribution in [3.8, 4) is 0 Å². The van der Waals surface area contributed by atoms with Crippen LogP contribution in [0.2, 0.25) is 0 Å². The van der Waals surface area contributed by atoms with Gasteiger partial charge in [0.25, 0.3) is 0 Å². The Morgan fingerprint density at radius 1 is 1.35 bits per heavy atom. The smallest absolute Gasteiger partial charge is 0.303 e. The molecule has 1 aliphatic carbocycles. The molecule has 1 N–H and O–H groups in total. The molecule has 1 atom stereocenters. The number of carboxylic acids is 1. The van der Waals surface area contributed by atoms with Crippen molar-refractivity contribution in [3.05, 3.63) is 29.8 Å². The Kier molecular flexibility index (Phi) is 3.36. The van der Waals surface area contributed by atoms with Crippen LogP contribution in [-0.2, 0) is 4.79 Å². The first-order valence-corrected chi connectivity index (χ1v) is 6.07. The molecule has 2 rings (SSSR count). The molecule has 0 saturated heterocycles. The van der Waals surface area contributed by atoms with Gasteiger partial charge < -0.3 is 10.0 Å². The van der Waals surface area contributed by atoms with Crippen LogP contribution >= 0.6 is 0 Å². The van der Waals surface area contributed by atoms with Crippen LogP contribution in [-0.4, -0.2) is 25.2 Å². The minimum Gasteiger partial charge on any atom is -0.481 e. The molecular formula is C14H19NO2. The van der Waals surface area contributed by atoms with E-state index in [0.717, 1.165) is 5.69 Å². The fourth-order valence-electron chi connectivity index (χ4n) is 2.26. The Hall–Kier alpha value is -1.51. The Morgan fingerprint density at radius 3 is 2.35 bits per heavy atom. The van der Waals surface area contributed by atoms with E-state index >= 15 is 0 Å². The van der Waals surface area contributed by atoms with E-state index in [2.05, 4.69) is 24.3 Å². The lowest BCUT2D eigenvalue weighted by atomic mass is 9.91. The van der Waals surface area contributed by atoms with E-state index in [0.29, 0.717) is 5.92 Å². The number of anilines is 1. The van der Waals surface area contributed by atoms with E-state index in [4.69, 9.17) is 5.11 Å². The van der Waals surface area contributed by atoms with E-state index in [1.807, 2.05) is 19.0 Å². The molecule has 0 radical (unpaired) electrons. The number of hydrogen-bond acceptors (Lipinski definition) is 2. The molecule has 1 aliphatic rings. The zero-order valence-corrected chi connectivity index (χ0v) is 10.4. The summed E-state index contributed by atoms with van der Waals surface area (Å²) >= 11 is 0. The van der Waals surface area contributed by atoms with Gasteiger partial charge in [-0.1, -0.05) is 12.1 Å². The summed E-state index contributed by atoms with van der Waals surface area (Å²) in [4.78, 5) is 12.9. The summed E-state index contributed by atoms with van der Waals surface area (Å²) in [5.74, 6) is 0.0820. The number of carboxylic acid groups (broad SMARTS) is 1. The average molecular weight is 233 g/mol. The number of carbonyl (C=O) groups is 1. The quantitative estimate of drug-likeness (QED) is 0.850. The molecule has 0 amide bonds. The molecule has 3 nitrogen and oxygen atoms in total. The Labute approximate surface area is 102 Å². The first-order valence-electron chi connectivity index (χ1n) is 6.07. The van der Waals surface area contributed by atoms with Gasteiger partial charge in [-0.05, 0) is 42.4 Å². The normalized spacial score (nSPS) is 16.6. The van der Waals surface area contributed by atoms with E-state index in [9.17, 15) is 4.79 Å². The summed E-state index contributed by atoms with van der Waals surface area (Å²) in [5, 5.41) is 8.96. The maximum atomic E-state index is 10.9. The molecule has 0 bridgehead atoms. The molecule has 0 aliphatic heterocycles. The second-order valence-corrected chi connectivity index (χ2v) is 5.03. The second kappa shape index (κ2) is 4.78. The van der Waals surface area contributed by atoms with Crippen molar-refractivity contribution in [2.75, 3.05) is 19.0 Å². The third-order valence-corrected chi connectivity index (χ3v) is 3.42. The highest BCUT2D eigenvalue weighted by Gasteiger charge is 2.33. The molecular weight excluding hydrogens is 214 g/mol. The van der Waals surface area contributed by atoms with Crippen LogP contribution in [0.4, 0.5) is 5.69 Å². The van der Waals surface area contributed by atoms with E-state index in [1.54, 1.807) is 0 Å². The van der Waals surface area contributed by atoms with Gasteiger partial charge in [-0.3, -0.25) is 4.79 Å². The van der Waals surface area contributed by atoms with Gasteiger partial charge in [0.2, 0.25) is 0 Å². The van der Waals surface area contributed by atoms with Gasteiger partial charge in [-0.25, -0.2) is 0 Å². The average Bonchev–Trinajstić information content (AvgIpc) is 3.09. The van der Waals surface area contributed by atoms with Gasteiger partial charge in [-0.15, -0.1) is 0 Å². The zero-order valence-electron chi connectivity index (χ0n) is 10.4. The standard InChI is InChI=1S/C14H19NO2/c1-15(2)12-7-5-11(6-8-12)13(9-14(16)17)10-3-4-10/h5-8,10,13H,3-4,9H2,1-2H3,(H,16,17). The summed E-state index contributed by atoms with van der Waals surface area (Å²) in [6.07, 6.45) is 2.60. The number of nitrogens with zero attached hydrogens (tertiary/aromatic N) is 1. The predicted octanol–water partition coefficient (Wildman–Crippen LogP) is 2.72. The van der Waals surface area contributed by atoms with Crippen molar-refractivity contribution in [1.29, 1.82) is 0 Å². The summed E-state index contributed by atoms with van der Waals surface area (Å²) in [7, 11) is 4.01. The topological polar surface area (TPSA) is 40.5 Å². The highest BCUT2D eigenvalue weighted by Crippen LogP contribution is 2.44. The molecule has 1 saturated carbocycles. The largest absolute Gasteiger partial charge is 0.481 e. The molecule has 1 aromatic rings. The lowest BCUT2D eigenvalue weighted by molar-refractivity contribution is -0.137. The Bertz CT molecular complexity index is 393. The molecule has 0 heterocycles. The minimum atomic E-state index is -0.696. The highest BCUT2D eigenvalue weighted by molar-refractivity contribution is 5.68. The molecule has 1 unspecified atom stereocenters. The van der Waals surface area contributed by atoms with Gasteiger partial charge in [-0.2, -0.15) is 0 Å². The molecule has 0 aromatic heterocycles. The summed E-state index contributed by atoms with van der Waals surface area (Å²) in [5.41, 5.74) is 2.32. The third kappa shape index (κ3) is 2.99. The van der Waals surface area contributed by atoms with Crippen molar-refractivity contribution >= 4 is 11.7 Å². The summed E-state index contributed by atoms with van der Waals surface area (Å²) in [6, 6.07) is 8.27. The number of benzene rings is 1. The lowest BCUT2D eigenvalue weighted by Gasteiger charge is -2.17. The fraction of sp³-hybridized carbons (Fsp3) is 0.500. The van der Waals surface area contributed by atoms with Crippen LogP contribution in [0.1, 0.15) is 30.7 Å². The number of aliphatic carboxylic acids is 1. The zero-order chi connectivity index (χ0) is 12.4. The van der Waals surface area contributed by atoms with Gasteiger partial charge in [0.05, 0.1) is 6.42 Å². The number of hydrogen-bond donors (Lipinski definition) is 1. The fourth-order valence-corrected chi connectivity index (χ4v) is 2.26. The van der Waals surface area contributed by atoms with Crippen LogP contribution in [0.5, 0.6) is 0 Å². The van der Waals surface area contributed by atoms with Crippen molar-refractivity contribution < 1.29 is 9.90 Å². The Balaban J connectivity index is 2.15. The minimum absolute atomic E-state index is 0.198.